The van der Waals surface area contributed by atoms with E-state index < -0.39 is 5.38 Å². The van der Waals surface area contributed by atoms with Gasteiger partial charge < -0.3 is 9.80 Å². The largest absolute Gasteiger partial charge is 0.330 e. The van der Waals surface area contributed by atoms with Crippen LogP contribution in [-0.4, -0.2) is 40.7 Å². The predicted octanol–water partition coefficient (Wildman–Crippen LogP) is 5.85. The number of alkyl halides is 1. The summed E-state index contributed by atoms with van der Waals surface area (Å²) < 4.78 is 0. The molecular weight excluding hydrogens is 475 g/mol. The Kier molecular flexibility index (Phi) is 6.46. The van der Waals surface area contributed by atoms with Gasteiger partial charge in [-0.1, -0.05) is 54.1 Å². The Hall–Kier alpha value is -2.34. The third-order valence-electron chi connectivity index (χ3n) is 6.36. The average Bonchev–Trinajstić information content (AvgIpc) is 3.57. The maximum Gasteiger partial charge on any atom is 0.245 e. The number of hydrogen-bond acceptors (Lipinski definition) is 3. The molecule has 4 nitrogen and oxygen atoms in total. The molecule has 0 unspecified atom stereocenters. The molecule has 7 heteroatoms. The number of thiophene rings is 1. The lowest BCUT2D eigenvalue weighted by molar-refractivity contribution is -0.142. The first kappa shape index (κ1) is 22.5. The van der Waals surface area contributed by atoms with Crippen molar-refractivity contribution < 1.29 is 9.59 Å². The summed E-state index contributed by atoms with van der Waals surface area (Å²) in [5, 5.41) is 1.95. The molecule has 1 aromatic heterocycles. The lowest BCUT2D eigenvalue weighted by atomic mass is 9.93. The van der Waals surface area contributed by atoms with Gasteiger partial charge in [-0.3, -0.25) is 9.59 Å². The Bertz CT molecular complexity index is 1140. The zero-order chi connectivity index (χ0) is 22.9. The third kappa shape index (κ3) is 4.68. The van der Waals surface area contributed by atoms with E-state index in [-0.39, 0.29) is 30.4 Å². The summed E-state index contributed by atoms with van der Waals surface area (Å²) in [6.45, 7) is 0.665. The summed E-state index contributed by atoms with van der Waals surface area (Å²) in [7, 11) is 0. The van der Waals surface area contributed by atoms with Crippen LogP contribution in [0.2, 0.25) is 5.02 Å². The van der Waals surface area contributed by atoms with Crippen LogP contribution in [0.4, 0.5) is 0 Å². The molecule has 2 aliphatic rings. The maximum absolute atomic E-state index is 13.7. The Balaban J connectivity index is 1.40. The van der Waals surface area contributed by atoms with Gasteiger partial charge in [0.05, 0.1) is 6.04 Å². The molecule has 1 saturated carbocycles. The third-order valence-corrected chi connectivity index (χ3v) is 8.04. The fraction of sp³-hybridized carbons (Fsp3) is 0.308. The van der Waals surface area contributed by atoms with E-state index >= 15 is 0 Å². The normalized spacial score (nSPS) is 18.5. The van der Waals surface area contributed by atoms with Crippen molar-refractivity contribution in [2.75, 3.05) is 13.1 Å². The first-order chi connectivity index (χ1) is 16.0. The van der Waals surface area contributed by atoms with Crippen molar-refractivity contribution in [3.8, 4) is 0 Å². The summed E-state index contributed by atoms with van der Waals surface area (Å²) in [6.07, 6.45) is 2.64. The van der Waals surface area contributed by atoms with Crippen LogP contribution in [0.15, 0.2) is 66.0 Å². The minimum absolute atomic E-state index is 0.0448. The molecule has 1 aliphatic heterocycles. The van der Waals surface area contributed by atoms with Gasteiger partial charge in [-0.05, 0) is 59.5 Å². The zero-order valence-corrected chi connectivity index (χ0v) is 20.3. The molecule has 1 fully saturated rings. The van der Waals surface area contributed by atoms with E-state index in [1.807, 2.05) is 59.5 Å². The first-order valence-electron chi connectivity index (χ1n) is 11.1. The summed E-state index contributed by atoms with van der Waals surface area (Å²) in [6, 6.07) is 19.0. The Labute approximate surface area is 207 Å². The second-order valence-corrected chi connectivity index (χ2v) is 10.4. The number of fused-ring (bicyclic) bond motifs is 1. The molecule has 0 bridgehead atoms. The van der Waals surface area contributed by atoms with E-state index in [2.05, 4.69) is 11.4 Å². The summed E-state index contributed by atoms with van der Waals surface area (Å²) in [5.41, 5.74) is 2.93. The quantitative estimate of drug-likeness (QED) is 0.400. The van der Waals surface area contributed by atoms with Gasteiger partial charge in [0, 0.05) is 22.5 Å². The molecule has 0 N–H and O–H groups in total. The Morgan fingerprint density at radius 2 is 1.79 bits per heavy atom. The van der Waals surface area contributed by atoms with E-state index in [1.165, 1.54) is 4.88 Å². The second-order valence-electron chi connectivity index (χ2n) is 8.56. The van der Waals surface area contributed by atoms with Crippen molar-refractivity contribution in [1.82, 2.24) is 9.80 Å². The van der Waals surface area contributed by atoms with Gasteiger partial charge in [-0.15, -0.1) is 22.9 Å². The molecule has 1 aliphatic carbocycles. The standard InChI is InChI=1S/C26H24Cl2N2O2S/c27-19-8-6-18(7-9-19)25-21-13-15-33-22(21)12-14-29(25)23(31)16-30(20-10-11-20)26(32)24(28)17-4-2-1-3-5-17/h1-9,13,15,20,24-25H,10-12,14,16H2/t24-,25+/m1/s1. The molecule has 0 radical (unpaired) electrons. The molecule has 2 aromatic carbocycles. The Morgan fingerprint density at radius 3 is 2.48 bits per heavy atom. The topological polar surface area (TPSA) is 40.6 Å². The van der Waals surface area contributed by atoms with Crippen molar-refractivity contribution in [2.24, 2.45) is 0 Å². The van der Waals surface area contributed by atoms with Crippen LogP contribution < -0.4 is 0 Å². The van der Waals surface area contributed by atoms with E-state index in [1.54, 1.807) is 16.2 Å². The number of nitrogens with zero attached hydrogens (tertiary/aromatic N) is 2. The molecule has 2 amide bonds. The fourth-order valence-electron chi connectivity index (χ4n) is 4.51. The smallest absolute Gasteiger partial charge is 0.245 e. The predicted molar refractivity (Wildman–Crippen MR) is 133 cm³/mol. The van der Waals surface area contributed by atoms with E-state index in [0.717, 1.165) is 36.0 Å². The van der Waals surface area contributed by atoms with Gasteiger partial charge in [0.1, 0.15) is 11.9 Å². The highest BCUT2D eigenvalue weighted by molar-refractivity contribution is 7.10. The number of carbonyl (C=O) groups excluding carboxylic acids is 2. The highest BCUT2D eigenvalue weighted by Gasteiger charge is 2.40. The number of rotatable bonds is 6. The van der Waals surface area contributed by atoms with Crippen molar-refractivity contribution >= 4 is 46.4 Å². The average molecular weight is 499 g/mol. The second kappa shape index (κ2) is 9.49. The lowest BCUT2D eigenvalue weighted by Gasteiger charge is -2.38. The summed E-state index contributed by atoms with van der Waals surface area (Å²) in [5.74, 6) is -0.251. The fourth-order valence-corrected chi connectivity index (χ4v) is 5.81. The number of amides is 2. The molecule has 2 heterocycles. The van der Waals surface area contributed by atoms with E-state index in [9.17, 15) is 9.59 Å². The first-order valence-corrected chi connectivity index (χ1v) is 12.8. The number of halogens is 2. The van der Waals surface area contributed by atoms with E-state index in [0.29, 0.717) is 11.6 Å². The minimum atomic E-state index is -0.795. The van der Waals surface area contributed by atoms with Gasteiger partial charge in [-0.2, -0.15) is 0 Å². The van der Waals surface area contributed by atoms with Gasteiger partial charge in [0.25, 0.3) is 0 Å². The molecule has 0 spiro atoms. The Morgan fingerprint density at radius 1 is 1.06 bits per heavy atom. The van der Waals surface area contributed by atoms with Gasteiger partial charge in [-0.25, -0.2) is 0 Å². The highest BCUT2D eigenvalue weighted by Crippen LogP contribution is 2.39. The SMILES string of the molecule is O=C([C@H](Cl)c1ccccc1)N(CC(=O)N1CCc2sccc2[C@@H]1c1ccc(Cl)cc1)C1CC1. The van der Waals surface area contributed by atoms with Crippen LogP contribution in [0.1, 0.15) is 45.8 Å². The monoisotopic (exact) mass is 498 g/mol. The van der Waals surface area contributed by atoms with Crippen molar-refractivity contribution in [3.63, 3.8) is 0 Å². The molecule has 170 valence electrons. The molecular formula is C26H24Cl2N2O2S. The molecule has 2 atom stereocenters. The van der Waals surface area contributed by atoms with Crippen molar-refractivity contribution in [3.05, 3.63) is 92.6 Å². The zero-order valence-electron chi connectivity index (χ0n) is 18.0. The van der Waals surface area contributed by atoms with Gasteiger partial charge in [0.2, 0.25) is 11.8 Å². The van der Waals surface area contributed by atoms with Gasteiger partial charge in [0.15, 0.2) is 0 Å². The van der Waals surface area contributed by atoms with Crippen LogP contribution in [0.25, 0.3) is 0 Å². The lowest BCUT2D eigenvalue weighted by Crippen LogP contribution is -2.48. The molecule has 33 heavy (non-hydrogen) atoms. The summed E-state index contributed by atoms with van der Waals surface area (Å²) in [4.78, 5) is 31.9. The molecule has 3 aromatic rings. The van der Waals surface area contributed by atoms with Gasteiger partial charge >= 0.3 is 0 Å². The van der Waals surface area contributed by atoms with E-state index in [4.69, 9.17) is 23.2 Å². The van der Waals surface area contributed by atoms with Crippen LogP contribution in [0.3, 0.4) is 0 Å². The number of carbonyl (C=O) groups is 2. The van der Waals surface area contributed by atoms with Crippen molar-refractivity contribution in [2.45, 2.75) is 36.7 Å². The molecule has 5 rings (SSSR count). The highest BCUT2D eigenvalue weighted by atomic mass is 35.5. The number of hydrogen-bond donors (Lipinski definition) is 0. The van der Waals surface area contributed by atoms with Crippen LogP contribution in [0, 0.1) is 0 Å². The van der Waals surface area contributed by atoms with Crippen LogP contribution in [-0.2, 0) is 16.0 Å². The van der Waals surface area contributed by atoms with Crippen molar-refractivity contribution in [1.29, 1.82) is 0 Å². The van der Waals surface area contributed by atoms with Crippen LogP contribution in [0.5, 0.6) is 0 Å². The van der Waals surface area contributed by atoms with Crippen LogP contribution >= 0.6 is 34.5 Å². The molecule has 0 saturated heterocycles. The number of benzene rings is 2. The summed E-state index contributed by atoms with van der Waals surface area (Å²) >= 11 is 14.4. The minimum Gasteiger partial charge on any atom is -0.330 e. The maximum atomic E-state index is 13.7.